The number of benzene rings is 10. The Morgan fingerprint density at radius 3 is 0.797 bits per heavy atom. The molecule has 0 aliphatic heterocycles. The molecule has 0 radical (unpaired) electrons. The van der Waals surface area contributed by atoms with Crippen LogP contribution in [0, 0.1) is 22.7 Å². The fourth-order valence-corrected chi connectivity index (χ4v) is 12.8. The van der Waals surface area contributed by atoms with Crippen molar-refractivity contribution in [2.45, 2.75) is 57.8 Å². The summed E-state index contributed by atoms with van der Waals surface area (Å²) in [6, 6.07) is 82.6. The van der Waals surface area contributed by atoms with E-state index in [1.54, 1.807) is 0 Å². The molecule has 378 valence electrons. The van der Waals surface area contributed by atoms with Gasteiger partial charge in [-0.3, -0.25) is 0 Å². The highest BCUT2D eigenvalue weighted by atomic mass is 15.1. The third-order valence-corrected chi connectivity index (χ3v) is 17.1. The maximum Gasteiger partial charge on any atom is 0.0991 e. The van der Waals surface area contributed by atoms with Crippen molar-refractivity contribution in [3.05, 3.63) is 285 Å². The van der Waals surface area contributed by atoms with E-state index in [4.69, 9.17) is 0 Å². The molecule has 4 heteroatoms. The fraction of sp³-hybridized carbons (Fsp3) is 0.120. The van der Waals surface area contributed by atoms with Crippen LogP contribution in [-0.4, -0.2) is 0 Å². The Morgan fingerprint density at radius 2 is 0.519 bits per heavy atom. The average molecular weight is 1020 g/mol. The Labute approximate surface area is 464 Å². The normalized spacial score (nSPS) is 14.4. The molecule has 0 N–H and O–H groups in total. The molecule has 13 rings (SSSR count). The van der Waals surface area contributed by atoms with Crippen molar-refractivity contribution < 1.29 is 0 Å². The number of anilines is 6. The first-order valence-electron chi connectivity index (χ1n) is 27.3. The molecule has 0 atom stereocenters. The summed E-state index contributed by atoms with van der Waals surface area (Å²) in [6.45, 7) is 14.1. The minimum absolute atomic E-state index is 0.171. The summed E-state index contributed by atoms with van der Waals surface area (Å²) in [7, 11) is 0. The molecule has 0 heterocycles. The summed E-state index contributed by atoms with van der Waals surface area (Å²) < 4.78 is 0. The lowest BCUT2D eigenvalue weighted by molar-refractivity contribution is 0.660. The van der Waals surface area contributed by atoms with Crippen LogP contribution in [0.3, 0.4) is 0 Å². The minimum atomic E-state index is -0.215. The van der Waals surface area contributed by atoms with Crippen LogP contribution in [0.1, 0.15) is 108 Å². The molecule has 3 aliphatic carbocycles. The number of nitrogens with zero attached hydrogens (tertiary/aromatic N) is 4. The van der Waals surface area contributed by atoms with Gasteiger partial charge in [0.05, 0.1) is 23.3 Å². The number of rotatable bonds is 10. The number of nitriles is 2. The second kappa shape index (κ2) is 18.8. The molecule has 0 aromatic heterocycles. The van der Waals surface area contributed by atoms with E-state index in [-0.39, 0.29) is 16.2 Å². The summed E-state index contributed by atoms with van der Waals surface area (Å²) >= 11 is 0. The first-order valence-corrected chi connectivity index (χ1v) is 27.3. The van der Waals surface area contributed by atoms with Gasteiger partial charge in [-0.25, -0.2) is 0 Å². The van der Waals surface area contributed by atoms with Gasteiger partial charge in [0.1, 0.15) is 0 Å². The quantitative estimate of drug-likeness (QED) is 0.128. The molecule has 0 saturated heterocycles. The van der Waals surface area contributed by atoms with Crippen LogP contribution in [0.15, 0.2) is 218 Å². The molecule has 0 amide bonds. The highest BCUT2D eigenvalue weighted by molar-refractivity contribution is 5.90. The lowest BCUT2D eigenvalue weighted by atomic mass is 9.81. The largest absolute Gasteiger partial charge is 0.310 e. The molecule has 0 saturated carbocycles. The van der Waals surface area contributed by atoms with Crippen LogP contribution in [0.5, 0.6) is 0 Å². The van der Waals surface area contributed by atoms with Crippen molar-refractivity contribution in [2.75, 3.05) is 9.80 Å². The van der Waals surface area contributed by atoms with Crippen molar-refractivity contribution in [1.82, 2.24) is 0 Å². The Balaban J connectivity index is 0.728. The van der Waals surface area contributed by atoms with Gasteiger partial charge in [0.15, 0.2) is 0 Å². The number of para-hydroxylation sites is 2. The monoisotopic (exact) mass is 1010 g/mol. The standard InChI is InChI=1S/C75H58N4/c1-73(2)67-41-49(17-19-51-27-37-63-65-39-33-59(45-71(65)74(3,4)69(63)43-51)78(55-13-9-7-10-14-55)57-29-21-53(47-76)22-30-57)25-35-61(67)62-36-26-50(42-68(62)73)18-20-52-28-38-64-66-40-34-60(46-72(66)75(5,6)70(64)44-52)79(56-15-11-8-12-16-56)58-31-23-54(48-77)24-32-58/h7-46H,1-6H3/b19-17+,20-18+. The van der Waals surface area contributed by atoms with Crippen molar-refractivity contribution in [2.24, 2.45) is 0 Å². The maximum atomic E-state index is 9.51. The van der Waals surface area contributed by atoms with Crippen LogP contribution < -0.4 is 9.80 Å². The van der Waals surface area contributed by atoms with Crippen LogP contribution in [0.2, 0.25) is 0 Å². The van der Waals surface area contributed by atoms with Crippen molar-refractivity contribution in [3.8, 4) is 45.5 Å². The van der Waals surface area contributed by atoms with Crippen molar-refractivity contribution in [1.29, 1.82) is 10.5 Å². The SMILES string of the molecule is CC1(C)c2cc(/C=C/c3ccc4c(c3)C(C)(C)c3cc(N(c5ccccc5)c5ccc(C#N)cc5)ccc3-4)ccc2-c2ccc(/C=C/c3ccc4c(c3)C(C)(C)c3cc(N(c5ccccc5)c5ccc(C#N)cc5)ccc3-4)cc21. The van der Waals surface area contributed by atoms with E-state index in [1.807, 2.05) is 60.7 Å². The zero-order valence-corrected chi connectivity index (χ0v) is 45.4. The minimum Gasteiger partial charge on any atom is -0.310 e. The highest BCUT2D eigenvalue weighted by Gasteiger charge is 2.39. The zero-order chi connectivity index (χ0) is 54.2. The second-order valence-corrected chi connectivity index (χ2v) is 22.9. The van der Waals surface area contributed by atoms with Crippen molar-refractivity contribution >= 4 is 58.4 Å². The van der Waals surface area contributed by atoms with E-state index in [0.717, 1.165) is 34.1 Å². The third-order valence-electron chi connectivity index (χ3n) is 17.1. The maximum absolute atomic E-state index is 9.51. The Kier molecular flexibility index (Phi) is 11.6. The second-order valence-electron chi connectivity index (χ2n) is 22.9. The van der Waals surface area contributed by atoms with E-state index >= 15 is 0 Å². The Morgan fingerprint density at radius 1 is 0.278 bits per heavy atom. The smallest absolute Gasteiger partial charge is 0.0991 e. The van der Waals surface area contributed by atoms with E-state index in [1.165, 1.54) is 89.0 Å². The number of hydrogen-bond donors (Lipinski definition) is 0. The molecular weight excluding hydrogens is 957 g/mol. The van der Waals surface area contributed by atoms with Gasteiger partial charge < -0.3 is 9.80 Å². The summed E-state index contributed by atoms with van der Waals surface area (Å²) in [5, 5.41) is 19.0. The lowest BCUT2D eigenvalue weighted by Gasteiger charge is -2.28. The van der Waals surface area contributed by atoms with Gasteiger partial charge >= 0.3 is 0 Å². The molecule has 79 heavy (non-hydrogen) atoms. The molecule has 3 aliphatic rings. The Hall–Kier alpha value is -9.74. The van der Waals surface area contributed by atoms with E-state index in [0.29, 0.717) is 11.1 Å². The zero-order valence-electron chi connectivity index (χ0n) is 45.4. The van der Waals surface area contributed by atoms with Gasteiger partial charge in [-0.15, -0.1) is 0 Å². The van der Waals surface area contributed by atoms with Crippen LogP contribution >= 0.6 is 0 Å². The molecule has 0 fully saturated rings. The summed E-state index contributed by atoms with van der Waals surface area (Å²) in [5.74, 6) is 0. The topological polar surface area (TPSA) is 54.1 Å². The van der Waals surface area contributed by atoms with Gasteiger partial charge in [0, 0.05) is 50.4 Å². The molecule has 10 aromatic carbocycles. The van der Waals surface area contributed by atoms with Gasteiger partial charge in [-0.1, -0.05) is 187 Å². The average Bonchev–Trinajstić information content (AvgIpc) is 4.09. The first kappa shape index (κ1) is 48.9. The highest BCUT2D eigenvalue weighted by Crippen LogP contribution is 2.54. The number of fused-ring (bicyclic) bond motifs is 9. The van der Waals surface area contributed by atoms with Crippen LogP contribution in [0.4, 0.5) is 34.1 Å². The van der Waals surface area contributed by atoms with E-state index in [9.17, 15) is 10.5 Å². The van der Waals surface area contributed by atoms with Gasteiger partial charge in [0.2, 0.25) is 0 Å². The predicted molar refractivity (Wildman–Crippen MR) is 329 cm³/mol. The summed E-state index contributed by atoms with van der Waals surface area (Å²) in [6.07, 6.45) is 9.07. The van der Waals surface area contributed by atoms with Gasteiger partial charge in [-0.05, 0) is 186 Å². The first-order chi connectivity index (χ1) is 38.3. The lowest BCUT2D eigenvalue weighted by Crippen LogP contribution is -2.16. The third kappa shape index (κ3) is 8.28. The van der Waals surface area contributed by atoms with Crippen molar-refractivity contribution in [3.63, 3.8) is 0 Å². The molecule has 0 unspecified atom stereocenters. The Bertz CT molecular complexity index is 3950. The van der Waals surface area contributed by atoms with Crippen LogP contribution in [-0.2, 0) is 16.2 Å². The molecular formula is C75H58N4. The van der Waals surface area contributed by atoms with Gasteiger partial charge in [-0.2, -0.15) is 10.5 Å². The summed E-state index contributed by atoms with van der Waals surface area (Å²) in [5.41, 5.74) is 27.4. The summed E-state index contributed by atoms with van der Waals surface area (Å²) in [4.78, 5) is 4.54. The molecule has 10 aromatic rings. The molecule has 0 spiro atoms. The number of hydrogen-bond acceptors (Lipinski definition) is 4. The fourth-order valence-electron chi connectivity index (χ4n) is 12.8. The molecule has 4 nitrogen and oxygen atoms in total. The predicted octanol–water partition coefficient (Wildman–Crippen LogP) is 19.6. The van der Waals surface area contributed by atoms with E-state index < -0.39 is 0 Å². The van der Waals surface area contributed by atoms with E-state index in [2.05, 4.69) is 246 Å². The molecule has 0 bridgehead atoms. The van der Waals surface area contributed by atoms with Crippen LogP contribution in [0.25, 0.3) is 57.7 Å². The van der Waals surface area contributed by atoms with Gasteiger partial charge in [0.25, 0.3) is 0 Å².